The number of rotatable bonds is 2. The lowest BCUT2D eigenvalue weighted by Gasteiger charge is -2.13. The second-order valence-electron chi connectivity index (χ2n) is 4.49. The van der Waals surface area contributed by atoms with Crippen molar-refractivity contribution < 1.29 is 0 Å². The molecule has 17 heavy (non-hydrogen) atoms. The zero-order valence-corrected chi connectivity index (χ0v) is 10.9. The maximum absolute atomic E-state index is 4.77. The molecular weight excluding hydrogens is 248 g/mol. The van der Waals surface area contributed by atoms with E-state index in [9.17, 15) is 0 Å². The van der Waals surface area contributed by atoms with Crippen LogP contribution in [0.5, 0.6) is 0 Å². The van der Waals surface area contributed by atoms with Gasteiger partial charge in [0.1, 0.15) is 0 Å². The second-order valence-corrected chi connectivity index (χ2v) is 6.60. The van der Waals surface area contributed by atoms with Crippen molar-refractivity contribution in [2.24, 2.45) is 0 Å². The molecule has 0 radical (unpaired) electrons. The molecule has 2 heterocycles. The van der Waals surface area contributed by atoms with Crippen LogP contribution in [0.25, 0.3) is 11.3 Å². The molecule has 2 nitrogen and oxygen atoms in total. The molecule has 0 atom stereocenters. The summed E-state index contributed by atoms with van der Waals surface area (Å²) in [7, 11) is 0. The maximum Gasteiger partial charge on any atom is 0.183 e. The van der Waals surface area contributed by atoms with E-state index in [0.29, 0.717) is 6.04 Å². The van der Waals surface area contributed by atoms with Gasteiger partial charge >= 0.3 is 0 Å². The number of thiazole rings is 1. The van der Waals surface area contributed by atoms with Crippen LogP contribution >= 0.6 is 23.1 Å². The number of hydrogen-bond acceptors (Lipinski definition) is 4. The monoisotopic (exact) mass is 260 g/mol. The molecule has 0 saturated heterocycles. The first-order chi connectivity index (χ1) is 8.40. The Morgan fingerprint density at radius 2 is 2.12 bits per heavy atom. The highest BCUT2D eigenvalue weighted by molar-refractivity contribution is 7.98. The molecule has 1 aromatic carbocycles. The van der Waals surface area contributed by atoms with Gasteiger partial charge in [0.25, 0.3) is 0 Å². The Morgan fingerprint density at radius 1 is 1.24 bits per heavy atom. The summed E-state index contributed by atoms with van der Waals surface area (Å²) < 4.78 is 0. The average Bonchev–Trinajstić information content (AvgIpc) is 3.06. The molecular formula is C13H12N2S2. The van der Waals surface area contributed by atoms with E-state index in [1.807, 2.05) is 23.1 Å². The molecule has 2 aromatic rings. The highest BCUT2D eigenvalue weighted by Crippen LogP contribution is 2.44. The van der Waals surface area contributed by atoms with E-state index in [4.69, 9.17) is 4.98 Å². The molecule has 4 heteroatoms. The minimum absolute atomic E-state index is 0.686. The summed E-state index contributed by atoms with van der Waals surface area (Å²) in [4.78, 5) is 7.54. The standard InChI is InChI=1S/C13H12N2S2/c1-2-4-10-9(3-1)12-11(7-16-10)17-13(15-12)14-8-5-6-8/h1-4,8H,5-7H2,(H,14,15). The predicted molar refractivity (Wildman–Crippen MR) is 73.8 cm³/mol. The van der Waals surface area contributed by atoms with Gasteiger partial charge < -0.3 is 5.32 Å². The lowest BCUT2D eigenvalue weighted by atomic mass is 10.1. The molecule has 0 spiro atoms. The average molecular weight is 260 g/mol. The van der Waals surface area contributed by atoms with Crippen molar-refractivity contribution in [2.45, 2.75) is 29.5 Å². The highest BCUT2D eigenvalue weighted by atomic mass is 32.2. The third kappa shape index (κ3) is 1.76. The van der Waals surface area contributed by atoms with Crippen molar-refractivity contribution in [3.8, 4) is 11.3 Å². The van der Waals surface area contributed by atoms with Crippen molar-refractivity contribution in [1.29, 1.82) is 0 Å². The third-order valence-corrected chi connectivity index (χ3v) is 5.37. The molecule has 1 aromatic heterocycles. The Morgan fingerprint density at radius 3 is 3.00 bits per heavy atom. The minimum Gasteiger partial charge on any atom is -0.359 e. The first kappa shape index (κ1) is 9.97. The van der Waals surface area contributed by atoms with Gasteiger partial charge in [0.05, 0.1) is 5.69 Å². The second kappa shape index (κ2) is 3.75. The van der Waals surface area contributed by atoms with E-state index >= 15 is 0 Å². The molecule has 1 saturated carbocycles. The normalized spacial score (nSPS) is 17.4. The number of thioether (sulfide) groups is 1. The number of hydrogen-bond donors (Lipinski definition) is 1. The van der Waals surface area contributed by atoms with Gasteiger partial charge in [-0.05, 0) is 18.9 Å². The minimum atomic E-state index is 0.686. The van der Waals surface area contributed by atoms with Crippen LogP contribution < -0.4 is 5.32 Å². The zero-order valence-electron chi connectivity index (χ0n) is 9.27. The van der Waals surface area contributed by atoms with Crippen LogP contribution in [0.4, 0.5) is 5.13 Å². The fourth-order valence-electron chi connectivity index (χ4n) is 2.06. The summed E-state index contributed by atoms with van der Waals surface area (Å²) in [5.74, 6) is 1.07. The summed E-state index contributed by atoms with van der Waals surface area (Å²) in [6, 6.07) is 9.26. The van der Waals surface area contributed by atoms with Gasteiger partial charge in [-0.2, -0.15) is 0 Å². The fourth-order valence-corrected chi connectivity index (χ4v) is 4.23. The predicted octanol–water partition coefficient (Wildman–Crippen LogP) is 3.99. The van der Waals surface area contributed by atoms with Gasteiger partial charge in [-0.3, -0.25) is 0 Å². The lowest BCUT2D eigenvalue weighted by Crippen LogP contribution is -1.99. The number of aromatic nitrogens is 1. The Balaban J connectivity index is 1.77. The van der Waals surface area contributed by atoms with E-state index in [-0.39, 0.29) is 0 Å². The largest absolute Gasteiger partial charge is 0.359 e. The van der Waals surface area contributed by atoms with Gasteiger partial charge in [0, 0.05) is 27.1 Å². The van der Waals surface area contributed by atoms with Crippen molar-refractivity contribution >= 4 is 28.2 Å². The van der Waals surface area contributed by atoms with Gasteiger partial charge in [-0.1, -0.05) is 18.2 Å². The SMILES string of the molecule is c1ccc2c(c1)SCc1sc(NC3CC3)nc1-2. The quantitative estimate of drug-likeness (QED) is 0.883. The molecule has 86 valence electrons. The van der Waals surface area contributed by atoms with E-state index in [1.54, 1.807) is 0 Å². The molecule has 4 rings (SSSR count). The number of anilines is 1. The Hall–Kier alpha value is -1.00. The molecule has 0 amide bonds. The van der Waals surface area contributed by atoms with E-state index in [0.717, 1.165) is 10.9 Å². The summed E-state index contributed by atoms with van der Waals surface area (Å²) >= 11 is 3.75. The summed E-state index contributed by atoms with van der Waals surface area (Å²) in [5.41, 5.74) is 2.51. The molecule has 0 bridgehead atoms. The molecule has 2 aliphatic rings. The number of fused-ring (bicyclic) bond motifs is 3. The molecule has 1 aliphatic heterocycles. The van der Waals surface area contributed by atoms with Crippen molar-refractivity contribution in [1.82, 2.24) is 4.98 Å². The van der Waals surface area contributed by atoms with Gasteiger partial charge in [-0.25, -0.2) is 4.98 Å². The molecule has 1 N–H and O–H groups in total. The number of nitrogens with one attached hydrogen (secondary N) is 1. The van der Waals surface area contributed by atoms with Crippen LogP contribution in [0.15, 0.2) is 29.2 Å². The topological polar surface area (TPSA) is 24.9 Å². The first-order valence-electron chi connectivity index (χ1n) is 5.88. The van der Waals surface area contributed by atoms with Gasteiger partial charge in [0.15, 0.2) is 5.13 Å². The summed E-state index contributed by atoms with van der Waals surface area (Å²) in [6.07, 6.45) is 2.60. The van der Waals surface area contributed by atoms with Crippen LogP contribution in [0.2, 0.25) is 0 Å². The van der Waals surface area contributed by atoms with Crippen molar-refractivity contribution in [3.63, 3.8) is 0 Å². The fraction of sp³-hybridized carbons (Fsp3) is 0.308. The zero-order chi connectivity index (χ0) is 11.2. The Bertz CT molecular complexity index is 573. The first-order valence-corrected chi connectivity index (χ1v) is 7.69. The van der Waals surface area contributed by atoms with Gasteiger partial charge in [-0.15, -0.1) is 23.1 Å². The van der Waals surface area contributed by atoms with Crippen LogP contribution in [0.3, 0.4) is 0 Å². The third-order valence-electron chi connectivity index (χ3n) is 3.10. The highest BCUT2D eigenvalue weighted by Gasteiger charge is 2.25. The van der Waals surface area contributed by atoms with E-state index < -0.39 is 0 Å². The Labute approximate surface area is 108 Å². The van der Waals surface area contributed by atoms with E-state index in [1.165, 1.54) is 33.9 Å². The Kier molecular flexibility index (Phi) is 2.20. The van der Waals surface area contributed by atoms with Crippen LogP contribution in [0, 0.1) is 0 Å². The van der Waals surface area contributed by atoms with Crippen LogP contribution in [-0.2, 0) is 5.75 Å². The summed E-state index contributed by atoms with van der Waals surface area (Å²) in [6.45, 7) is 0. The maximum atomic E-state index is 4.77. The number of benzene rings is 1. The van der Waals surface area contributed by atoms with Crippen molar-refractivity contribution in [3.05, 3.63) is 29.1 Å². The molecule has 0 unspecified atom stereocenters. The smallest absolute Gasteiger partial charge is 0.183 e. The van der Waals surface area contributed by atoms with Crippen molar-refractivity contribution in [2.75, 3.05) is 5.32 Å². The van der Waals surface area contributed by atoms with Crippen LogP contribution in [0.1, 0.15) is 17.7 Å². The molecule has 1 fully saturated rings. The molecule has 1 aliphatic carbocycles. The van der Waals surface area contributed by atoms with Gasteiger partial charge in [0.2, 0.25) is 0 Å². The summed E-state index contributed by atoms with van der Waals surface area (Å²) in [5, 5.41) is 4.61. The van der Waals surface area contributed by atoms with E-state index in [2.05, 4.69) is 29.6 Å². The number of nitrogens with zero attached hydrogens (tertiary/aromatic N) is 1. The van der Waals surface area contributed by atoms with Crippen LogP contribution in [-0.4, -0.2) is 11.0 Å². The lowest BCUT2D eigenvalue weighted by molar-refractivity contribution is 1.14.